The number of rotatable bonds is 1. The number of carbonyl (C=O) groups is 1. The first-order valence-corrected chi connectivity index (χ1v) is 4.40. The number of fused-ring (bicyclic) bond motifs is 1. The Morgan fingerprint density at radius 2 is 2.13 bits per heavy atom. The Bertz CT molecular complexity index is 403. The molecule has 0 radical (unpaired) electrons. The van der Waals surface area contributed by atoms with Gasteiger partial charge in [-0.2, -0.15) is 0 Å². The zero-order valence-electron chi connectivity index (χ0n) is 8.08. The smallest absolute Gasteiger partial charge is 0.341 e. The van der Waals surface area contributed by atoms with E-state index in [1.54, 1.807) is 0 Å². The third-order valence-corrected chi connectivity index (χ3v) is 2.01. The summed E-state index contributed by atoms with van der Waals surface area (Å²) >= 11 is 0. The molecule has 0 atom stereocenters. The van der Waals surface area contributed by atoms with Crippen LogP contribution in [0, 0.1) is 5.82 Å². The molecule has 1 aromatic carbocycles. The van der Waals surface area contributed by atoms with Crippen LogP contribution in [0.15, 0.2) is 12.1 Å². The van der Waals surface area contributed by atoms with Crippen molar-refractivity contribution in [2.24, 2.45) is 0 Å². The minimum Gasteiger partial charge on any atom is -0.486 e. The first-order chi connectivity index (χ1) is 7.22. The molecular weight excluding hydrogens is 203 g/mol. The van der Waals surface area contributed by atoms with Crippen LogP contribution in [0.3, 0.4) is 0 Å². The Morgan fingerprint density at radius 3 is 2.87 bits per heavy atom. The molecule has 0 fully saturated rings. The van der Waals surface area contributed by atoms with E-state index in [1.165, 1.54) is 13.2 Å². The van der Waals surface area contributed by atoms with E-state index in [0.717, 1.165) is 6.07 Å². The monoisotopic (exact) mass is 212 g/mol. The number of halogens is 1. The molecule has 1 aliphatic rings. The van der Waals surface area contributed by atoms with Gasteiger partial charge in [0, 0.05) is 6.07 Å². The number of carbonyl (C=O) groups excluding carboxylic acids is 1. The second-order valence-electron chi connectivity index (χ2n) is 2.97. The Morgan fingerprint density at radius 1 is 1.40 bits per heavy atom. The molecule has 4 nitrogen and oxygen atoms in total. The lowest BCUT2D eigenvalue weighted by Crippen LogP contribution is -2.18. The Kier molecular flexibility index (Phi) is 2.45. The maximum absolute atomic E-state index is 13.1. The molecule has 0 unspecified atom stereocenters. The number of methoxy groups -OCH3 is 1. The second-order valence-corrected chi connectivity index (χ2v) is 2.97. The van der Waals surface area contributed by atoms with Gasteiger partial charge in [-0.05, 0) is 6.07 Å². The SMILES string of the molecule is COC(=O)c1cc(F)cc2c1OCCO2. The van der Waals surface area contributed by atoms with Crippen molar-refractivity contribution >= 4 is 5.97 Å². The third-order valence-electron chi connectivity index (χ3n) is 2.01. The van der Waals surface area contributed by atoms with Gasteiger partial charge in [-0.3, -0.25) is 0 Å². The molecule has 1 heterocycles. The van der Waals surface area contributed by atoms with Gasteiger partial charge in [-0.15, -0.1) is 0 Å². The van der Waals surface area contributed by atoms with Gasteiger partial charge < -0.3 is 14.2 Å². The summed E-state index contributed by atoms with van der Waals surface area (Å²) < 4.78 is 28.0. The molecule has 0 amide bonds. The number of hydrogen-bond acceptors (Lipinski definition) is 4. The van der Waals surface area contributed by atoms with Crippen LogP contribution < -0.4 is 9.47 Å². The van der Waals surface area contributed by atoms with E-state index in [0.29, 0.717) is 13.2 Å². The van der Waals surface area contributed by atoms with Gasteiger partial charge in [-0.25, -0.2) is 9.18 Å². The van der Waals surface area contributed by atoms with E-state index >= 15 is 0 Å². The molecular formula is C10H9FO4. The molecule has 0 saturated heterocycles. The first-order valence-electron chi connectivity index (χ1n) is 4.40. The average molecular weight is 212 g/mol. The molecule has 1 aliphatic heterocycles. The van der Waals surface area contributed by atoms with Gasteiger partial charge in [-0.1, -0.05) is 0 Å². The minimum absolute atomic E-state index is 0.0483. The third kappa shape index (κ3) is 1.72. The van der Waals surface area contributed by atoms with Crippen LogP contribution in [0.25, 0.3) is 0 Å². The Hall–Kier alpha value is -1.78. The highest BCUT2D eigenvalue weighted by Gasteiger charge is 2.22. The molecule has 0 spiro atoms. The van der Waals surface area contributed by atoms with Crippen LogP contribution >= 0.6 is 0 Å². The molecule has 2 rings (SSSR count). The summed E-state index contributed by atoms with van der Waals surface area (Å²) in [5.74, 6) is -0.716. The quantitative estimate of drug-likeness (QED) is 0.660. The number of hydrogen-bond donors (Lipinski definition) is 0. The molecule has 80 valence electrons. The van der Waals surface area contributed by atoms with Gasteiger partial charge in [0.25, 0.3) is 0 Å². The summed E-state index contributed by atoms with van der Waals surface area (Å²) in [5, 5.41) is 0. The van der Waals surface area contributed by atoms with E-state index in [-0.39, 0.29) is 17.1 Å². The highest BCUT2D eigenvalue weighted by atomic mass is 19.1. The maximum atomic E-state index is 13.1. The van der Waals surface area contributed by atoms with Gasteiger partial charge in [0.05, 0.1) is 7.11 Å². The first kappa shape index (κ1) is 9.76. The second kappa shape index (κ2) is 3.76. The van der Waals surface area contributed by atoms with E-state index in [9.17, 15) is 9.18 Å². The zero-order chi connectivity index (χ0) is 10.8. The molecule has 15 heavy (non-hydrogen) atoms. The van der Waals surface area contributed by atoms with Crippen molar-refractivity contribution in [3.63, 3.8) is 0 Å². The van der Waals surface area contributed by atoms with E-state index in [4.69, 9.17) is 9.47 Å². The molecule has 0 saturated carbocycles. The zero-order valence-corrected chi connectivity index (χ0v) is 8.08. The molecule has 0 bridgehead atoms. The van der Waals surface area contributed by atoms with E-state index in [2.05, 4.69) is 4.74 Å². The summed E-state index contributed by atoms with van der Waals surface area (Å²) in [5.41, 5.74) is 0.0483. The summed E-state index contributed by atoms with van der Waals surface area (Å²) in [6.07, 6.45) is 0. The molecule has 0 aromatic heterocycles. The summed E-state index contributed by atoms with van der Waals surface area (Å²) in [6.45, 7) is 0.680. The minimum atomic E-state index is -0.642. The summed E-state index contributed by atoms with van der Waals surface area (Å²) in [6, 6.07) is 2.25. The van der Waals surface area contributed by atoms with Gasteiger partial charge in [0.15, 0.2) is 11.5 Å². The van der Waals surface area contributed by atoms with Crippen LogP contribution in [0.1, 0.15) is 10.4 Å². The van der Waals surface area contributed by atoms with Gasteiger partial charge in [0.2, 0.25) is 0 Å². The number of benzene rings is 1. The molecule has 5 heteroatoms. The van der Waals surface area contributed by atoms with Crippen molar-refractivity contribution in [1.29, 1.82) is 0 Å². The largest absolute Gasteiger partial charge is 0.486 e. The fraction of sp³-hybridized carbons (Fsp3) is 0.300. The number of ether oxygens (including phenoxy) is 3. The van der Waals surface area contributed by atoms with Crippen molar-refractivity contribution in [3.05, 3.63) is 23.5 Å². The molecule has 1 aromatic rings. The Balaban J connectivity index is 2.52. The van der Waals surface area contributed by atoms with Gasteiger partial charge in [0.1, 0.15) is 24.6 Å². The van der Waals surface area contributed by atoms with Crippen molar-refractivity contribution in [3.8, 4) is 11.5 Å². The topological polar surface area (TPSA) is 44.8 Å². The van der Waals surface area contributed by atoms with Crippen molar-refractivity contribution < 1.29 is 23.4 Å². The molecule has 0 aliphatic carbocycles. The fourth-order valence-electron chi connectivity index (χ4n) is 1.38. The van der Waals surface area contributed by atoms with E-state index in [1.807, 2.05) is 0 Å². The average Bonchev–Trinajstić information content (AvgIpc) is 2.26. The standard InChI is InChI=1S/C10H9FO4/c1-13-10(12)7-4-6(11)5-8-9(7)15-3-2-14-8/h4-5H,2-3H2,1H3. The normalized spacial score (nSPS) is 13.5. The predicted molar refractivity (Wildman–Crippen MR) is 48.7 cm³/mol. The Labute approximate surface area is 85.6 Å². The predicted octanol–water partition coefficient (Wildman–Crippen LogP) is 1.38. The lowest BCUT2D eigenvalue weighted by Gasteiger charge is -2.20. The maximum Gasteiger partial charge on any atom is 0.341 e. The van der Waals surface area contributed by atoms with Gasteiger partial charge >= 0.3 is 5.97 Å². The van der Waals surface area contributed by atoms with Crippen LogP contribution in [0.4, 0.5) is 4.39 Å². The van der Waals surface area contributed by atoms with Crippen LogP contribution in [0.5, 0.6) is 11.5 Å². The lowest BCUT2D eigenvalue weighted by molar-refractivity contribution is 0.0589. The fourth-order valence-corrected chi connectivity index (χ4v) is 1.38. The van der Waals surface area contributed by atoms with Crippen molar-refractivity contribution in [2.45, 2.75) is 0 Å². The molecule has 0 N–H and O–H groups in total. The van der Waals surface area contributed by atoms with Crippen molar-refractivity contribution in [2.75, 3.05) is 20.3 Å². The van der Waals surface area contributed by atoms with Crippen molar-refractivity contribution in [1.82, 2.24) is 0 Å². The summed E-state index contributed by atoms with van der Waals surface area (Å²) in [4.78, 5) is 11.3. The van der Waals surface area contributed by atoms with Crippen LogP contribution in [-0.2, 0) is 4.74 Å². The lowest BCUT2D eigenvalue weighted by atomic mass is 10.1. The summed E-state index contributed by atoms with van der Waals surface area (Å²) in [7, 11) is 1.23. The highest BCUT2D eigenvalue weighted by Crippen LogP contribution is 2.35. The highest BCUT2D eigenvalue weighted by molar-refractivity contribution is 5.93. The van der Waals surface area contributed by atoms with E-state index < -0.39 is 11.8 Å². The van der Waals surface area contributed by atoms with Crippen LogP contribution in [0.2, 0.25) is 0 Å². The number of esters is 1. The van der Waals surface area contributed by atoms with Crippen LogP contribution in [-0.4, -0.2) is 26.3 Å².